The maximum absolute atomic E-state index is 12.2. The quantitative estimate of drug-likeness (QED) is 0.0966. The number of nitrogens with zero attached hydrogens (tertiary/aromatic N) is 1. The Kier molecular flexibility index (Phi) is 15.7. The van der Waals surface area contributed by atoms with E-state index in [2.05, 4.69) is 63.5 Å². The fourth-order valence-corrected chi connectivity index (χ4v) is 4.63. The first-order chi connectivity index (χ1) is 18.0. The van der Waals surface area contributed by atoms with Gasteiger partial charge in [0.05, 0.1) is 40.3 Å². The Morgan fingerprint density at radius 1 is 0.730 bits per heavy atom. The number of hydrogen-bond acceptors (Lipinski definition) is 3. The monoisotopic (exact) mass is 510 g/mol. The molecule has 0 aliphatic carbocycles. The lowest BCUT2D eigenvalue weighted by atomic mass is 10.0. The van der Waals surface area contributed by atoms with Gasteiger partial charge in [-0.1, -0.05) is 101 Å². The van der Waals surface area contributed by atoms with Crippen molar-refractivity contribution in [2.24, 2.45) is 0 Å². The minimum atomic E-state index is -0.107. The number of aryl methyl sites for hydroxylation is 1. The smallest absolute Gasteiger partial charge is 0.311 e. The van der Waals surface area contributed by atoms with Crippen molar-refractivity contribution in [1.82, 2.24) is 0 Å². The van der Waals surface area contributed by atoms with Gasteiger partial charge in [0.2, 0.25) is 0 Å². The van der Waals surface area contributed by atoms with E-state index in [9.17, 15) is 4.79 Å². The van der Waals surface area contributed by atoms with Gasteiger partial charge in [-0.05, 0) is 43.4 Å². The van der Waals surface area contributed by atoms with Crippen molar-refractivity contribution in [3.63, 3.8) is 0 Å². The molecule has 0 radical (unpaired) electrons. The zero-order chi connectivity index (χ0) is 26.6. The van der Waals surface area contributed by atoms with Crippen LogP contribution in [0.1, 0.15) is 95.1 Å². The highest BCUT2D eigenvalue weighted by atomic mass is 16.5. The number of unbranched alkanes of at least 4 members (excludes halogenated alkanes) is 9. The number of carbonyl (C=O) groups is 1. The molecule has 2 rings (SSSR count). The highest BCUT2D eigenvalue weighted by Gasteiger charge is 2.18. The first-order valence-corrected chi connectivity index (χ1v) is 14.7. The molecule has 0 amide bonds. The Hall–Kier alpha value is -2.33. The molecule has 0 spiro atoms. The third-order valence-electron chi connectivity index (χ3n) is 6.91. The molecular weight excluding hydrogens is 458 g/mol. The molecule has 206 valence electrons. The molecule has 0 aliphatic rings. The Morgan fingerprint density at radius 3 is 2.11 bits per heavy atom. The summed E-state index contributed by atoms with van der Waals surface area (Å²) in [6.45, 7) is 5.07. The fourth-order valence-electron chi connectivity index (χ4n) is 4.63. The van der Waals surface area contributed by atoms with Crippen LogP contribution in [0.25, 0.3) is 0 Å². The standard InChI is InChI=1S/C33H52NO3/c1-4-5-6-7-8-9-10-11-13-19-30-22-18-23-32(28-30)36-26-16-17-27-37-33(35)24-25-34(2,3)29-31-20-14-12-15-21-31/h12,14-15,18,20-23,28H,4-11,13,16-17,19,24-27,29H2,1-3H3/q+1. The molecular formula is C33H52NO3+. The van der Waals surface area contributed by atoms with Crippen LogP contribution in [-0.4, -0.2) is 44.3 Å². The summed E-state index contributed by atoms with van der Waals surface area (Å²) < 4.78 is 12.2. The van der Waals surface area contributed by atoms with E-state index < -0.39 is 0 Å². The fraction of sp³-hybridized carbons (Fsp3) is 0.606. The van der Waals surface area contributed by atoms with Crippen molar-refractivity contribution in [2.45, 2.75) is 96.9 Å². The Balaban J connectivity index is 1.49. The number of rotatable bonds is 21. The van der Waals surface area contributed by atoms with Crippen LogP contribution in [0.3, 0.4) is 0 Å². The molecule has 37 heavy (non-hydrogen) atoms. The van der Waals surface area contributed by atoms with Gasteiger partial charge in [-0.15, -0.1) is 0 Å². The summed E-state index contributed by atoms with van der Waals surface area (Å²) in [7, 11) is 4.31. The van der Waals surface area contributed by atoms with Crippen LogP contribution in [0.4, 0.5) is 0 Å². The van der Waals surface area contributed by atoms with Crippen LogP contribution in [0.2, 0.25) is 0 Å². The van der Waals surface area contributed by atoms with E-state index in [0.717, 1.165) is 42.6 Å². The number of benzene rings is 2. The maximum atomic E-state index is 12.2. The van der Waals surface area contributed by atoms with E-state index in [1.54, 1.807) is 0 Å². The van der Waals surface area contributed by atoms with E-state index in [1.165, 1.54) is 68.9 Å². The SMILES string of the molecule is CCCCCCCCCCCc1cccc(OCCCCOC(=O)CC[N+](C)(C)Cc2ccccc2)c1. The van der Waals surface area contributed by atoms with E-state index in [-0.39, 0.29) is 5.97 Å². The Bertz CT molecular complexity index is 850. The largest absolute Gasteiger partial charge is 0.494 e. The van der Waals surface area contributed by atoms with E-state index in [1.807, 2.05) is 12.1 Å². The van der Waals surface area contributed by atoms with Crippen LogP contribution in [0.15, 0.2) is 54.6 Å². The minimum absolute atomic E-state index is 0.107. The van der Waals surface area contributed by atoms with Gasteiger partial charge >= 0.3 is 5.97 Å². The second-order valence-corrected chi connectivity index (χ2v) is 11.1. The summed E-state index contributed by atoms with van der Waals surface area (Å²) in [5.41, 5.74) is 2.65. The van der Waals surface area contributed by atoms with Gasteiger partial charge < -0.3 is 14.0 Å². The molecule has 0 N–H and O–H groups in total. The molecule has 0 bridgehead atoms. The van der Waals surface area contributed by atoms with Gasteiger partial charge in [-0.2, -0.15) is 0 Å². The highest BCUT2D eigenvalue weighted by molar-refractivity contribution is 5.69. The molecule has 0 atom stereocenters. The molecule has 2 aromatic rings. The first kappa shape index (κ1) is 30.9. The predicted octanol–water partition coefficient (Wildman–Crippen LogP) is 8.13. The lowest BCUT2D eigenvalue weighted by Gasteiger charge is -2.29. The zero-order valence-corrected chi connectivity index (χ0v) is 23.9. The summed E-state index contributed by atoms with van der Waals surface area (Å²) in [5, 5.41) is 0. The van der Waals surface area contributed by atoms with Crippen molar-refractivity contribution in [2.75, 3.05) is 33.9 Å². The number of hydrogen-bond donors (Lipinski definition) is 0. The predicted molar refractivity (Wildman–Crippen MR) is 155 cm³/mol. The van der Waals surface area contributed by atoms with Gasteiger partial charge in [0.25, 0.3) is 0 Å². The maximum Gasteiger partial charge on any atom is 0.311 e. The summed E-state index contributed by atoms with van der Waals surface area (Å²) in [5.74, 6) is 0.841. The molecule has 0 unspecified atom stereocenters. The van der Waals surface area contributed by atoms with Gasteiger partial charge in [-0.3, -0.25) is 4.79 Å². The topological polar surface area (TPSA) is 35.5 Å². The number of carbonyl (C=O) groups excluding carboxylic acids is 1. The zero-order valence-electron chi connectivity index (χ0n) is 23.9. The van der Waals surface area contributed by atoms with Gasteiger partial charge in [0, 0.05) is 5.56 Å². The molecule has 0 aliphatic heterocycles. The van der Waals surface area contributed by atoms with Gasteiger partial charge in [0.15, 0.2) is 0 Å². The normalized spacial score (nSPS) is 11.4. The average molecular weight is 511 g/mol. The summed E-state index contributed by atoms with van der Waals surface area (Å²) in [4.78, 5) is 12.2. The van der Waals surface area contributed by atoms with Crippen LogP contribution < -0.4 is 4.74 Å². The van der Waals surface area contributed by atoms with Gasteiger partial charge in [-0.25, -0.2) is 0 Å². The second-order valence-electron chi connectivity index (χ2n) is 11.1. The highest BCUT2D eigenvalue weighted by Crippen LogP contribution is 2.17. The van der Waals surface area contributed by atoms with Crippen molar-refractivity contribution in [3.8, 4) is 5.75 Å². The third-order valence-corrected chi connectivity index (χ3v) is 6.91. The molecule has 0 saturated heterocycles. The molecule has 4 heteroatoms. The molecule has 0 heterocycles. The number of esters is 1. The second kappa shape index (κ2) is 18.8. The lowest BCUT2D eigenvalue weighted by Crippen LogP contribution is -2.40. The third kappa shape index (κ3) is 15.5. The Labute approximate surface area is 227 Å². The van der Waals surface area contributed by atoms with Crippen molar-refractivity contribution < 1.29 is 18.8 Å². The molecule has 4 nitrogen and oxygen atoms in total. The minimum Gasteiger partial charge on any atom is -0.494 e. The summed E-state index contributed by atoms with van der Waals surface area (Å²) in [6.07, 6.45) is 15.5. The van der Waals surface area contributed by atoms with Crippen molar-refractivity contribution in [1.29, 1.82) is 0 Å². The summed E-state index contributed by atoms with van der Waals surface area (Å²) in [6, 6.07) is 18.9. The average Bonchev–Trinajstić information content (AvgIpc) is 2.89. The number of quaternary nitrogens is 1. The molecule has 0 fully saturated rings. The van der Waals surface area contributed by atoms with Crippen LogP contribution in [0, 0.1) is 0 Å². The molecule has 0 aromatic heterocycles. The van der Waals surface area contributed by atoms with Crippen LogP contribution in [0.5, 0.6) is 5.75 Å². The van der Waals surface area contributed by atoms with Crippen molar-refractivity contribution in [3.05, 3.63) is 65.7 Å². The van der Waals surface area contributed by atoms with E-state index in [4.69, 9.17) is 9.47 Å². The van der Waals surface area contributed by atoms with Crippen molar-refractivity contribution >= 4 is 5.97 Å². The molecule has 2 aromatic carbocycles. The molecule has 0 saturated carbocycles. The summed E-state index contributed by atoms with van der Waals surface area (Å²) >= 11 is 0. The van der Waals surface area contributed by atoms with Gasteiger partial charge in [0.1, 0.15) is 12.3 Å². The van der Waals surface area contributed by atoms with Crippen LogP contribution >= 0.6 is 0 Å². The van der Waals surface area contributed by atoms with Crippen LogP contribution in [-0.2, 0) is 22.5 Å². The lowest BCUT2D eigenvalue weighted by molar-refractivity contribution is -0.903. The number of ether oxygens (including phenoxy) is 2. The first-order valence-electron chi connectivity index (χ1n) is 14.7. The van der Waals surface area contributed by atoms with E-state index >= 15 is 0 Å². The van der Waals surface area contributed by atoms with E-state index in [0.29, 0.717) is 19.6 Å². The Morgan fingerprint density at radius 2 is 1.38 bits per heavy atom.